The molecule has 1 heterocycles. The van der Waals surface area contributed by atoms with Gasteiger partial charge in [-0.2, -0.15) is 9.97 Å². The molecule has 12 heteroatoms. The van der Waals surface area contributed by atoms with Gasteiger partial charge in [0.15, 0.2) is 19.0 Å². The van der Waals surface area contributed by atoms with Crippen LogP contribution >= 0.6 is 11.6 Å². The van der Waals surface area contributed by atoms with E-state index >= 15 is 0 Å². The Morgan fingerprint density at radius 3 is 2.41 bits per heavy atom. The van der Waals surface area contributed by atoms with Crippen LogP contribution in [-0.4, -0.2) is 65.9 Å². The van der Waals surface area contributed by atoms with Crippen molar-refractivity contribution in [2.75, 3.05) is 32.9 Å². The van der Waals surface area contributed by atoms with Gasteiger partial charge >= 0.3 is 6.01 Å². The van der Waals surface area contributed by atoms with Crippen LogP contribution in [0.25, 0.3) is 0 Å². The van der Waals surface area contributed by atoms with E-state index in [9.17, 15) is 19.1 Å². The summed E-state index contributed by atoms with van der Waals surface area (Å²) in [5.74, 6) is -1.06. The molecule has 0 unspecified atom stereocenters. The minimum Gasteiger partial charge on any atom is -0.484 e. The molecule has 1 aromatic carbocycles. The molecule has 0 spiro atoms. The molecule has 3 N–H and O–H groups in total. The van der Waals surface area contributed by atoms with Crippen molar-refractivity contribution in [3.8, 4) is 17.5 Å². The lowest BCUT2D eigenvalue weighted by atomic mass is 10.2. The molecule has 0 saturated heterocycles. The zero-order valence-corrected chi connectivity index (χ0v) is 18.1. The van der Waals surface area contributed by atoms with E-state index in [1.165, 1.54) is 24.5 Å². The van der Waals surface area contributed by atoms with Crippen molar-refractivity contribution in [3.05, 3.63) is 41.4 Å². The van der Waals surface area contributed by atoms with E-state index in [1.807, 2.05) is 6.92 Å². The third-order valence-corrected chi connectivity index (χ3v) is 4.15. The lowest BCUT2D eigenvalue weighted by molar-refractivity contribution is -0.124. The Hall–Kier alpha value is -3.18. The van der Waals surface area contributed by atoms with E-state index < -0.39 is 23.7 Å². The maximum absolute atomic E-state index is 13.3. The molecule has 10 nitrogen and oxygen atoms in total. The van der Waals surface area contributed by atoms with E-state index in [4.69, 9.17) is 25.8 Å². The van der Waals surface area contributed by atoms with Gasteiger partial charge in [-0.3, -0.25) is 9.59 Å². The van der Waals surface area contributed by atoms with E-state index in [-0.39, 0.29) is 49.5 Å². The summed E-state index contributed by atoms with van der Waals surface area (Å²) in [4.78, 5) is 31.4. The van der Waals surface area contributed by atoms with Gasteiger partial charge in [0.2, 0.25) is 0 Å². The Kier molecular flexibility index (Phi) is 10.4. The highest BCUT2D eigenvalue weighted by Gasteiger charge is 2.10. The number of aliphatic hydroxyl groups is 1. The zero-order valence-electron chi connectivity index (χ0n) is 17.3. The number of carbonyl (C=O) groups excluding carboxylic acids is 2. The van der Waals surface area contributed by atoms with E-state index in [0.717, 1.165) is 6.07 Å². The predicted octanol–water partition coefficient (Wildman–Crippen LogP) is 1.11. The van der Waals surface area contributed by atoms with Crippen molar-refractivity contribution in [2.45, 2.75) is 19.4 Å². The van der Waals surface area contributed by atoms with Crippen LogP contribution in [0.1, 0.15) is 13.3 Å². The number of nitrogens with one attached hydrogen (secondary N) is 2. The Bertz CT molecular complexity index is 887. The van der Waals surface area contributed by atoms with Gasteiger partial charge in [-0.25, -0.2) is 4.39 Å². The first-order valence-corrected chi connectivity index (χ1v) is 10.1. The van der Waals surface area contributed by atoms with Gasteiger partial charge in [0, 0.05) is 19.2 Å². The number of benzene rings is 1. The number of halogens is 2. The highest BCUT2D eigenvalue weighted by Crippen LogP contribution is 2.20. The van der Waals surface area contributed by atoms with Crippen molar-refractivity contribution in [3.63, 3.8) is 0 Å². The average molecular weight is 471 g/mol. The summed E-state index contributed by atoms with van der Waals surface area (Å²) >= 11 is 5.57. The quantitative estimate of drug-likeness (QED) is 0.396. The third kappa shape index (κ3) is 9.31. The number of carbonyl (C=O) groups is 2. The fourth-order valence-corrected chi connectivity index (χ4v) is 2.38. The highest BCUT2D eigenvalue weighted by atomic mass is 35.5. The number of hydrogen-bond donors (Lipinski definition) is 3. The Labute approximate surface area is 189 Å². The minimum absolute atomic E-state index is 0.0347. The van der Waals surface area contributed by atoms with Gasteiger partial charge in [-0.15, -0.1) is 0 Å². The number of aliphatic hydroxyl groups excluding tert-OH is 1. The van der Waals surface area contributed by atoms with Crippen LogP contribution in [0, 0.1) is 5.82 Å². The number of rotatable bonds is 13. The topological polar surface area (TPSA) is 132 Å². The first-order valence-electron chi connectivity index (χ1n) is 9.74. The predicted molar refractivity (Wildman–Crippen MR) is 112 cm³/mol. The summed E-state index contributed by atoms with van der Waals surface area (Å²) in [6.07, 6.45) is 2.12. The molecule has 0 fully saturated rings. The average Bonchev–Trinajstić information content (AvgIpc) is 2.78. The molecule has 1 atom stereocenters. The summed E-state index contributed by atoms with van der Waals surface area (Å²) in [6.45, 7) is 1.80. The Balaban J connectivity index is 1.56. The lowest BCUT2D eigenvalue weighted by Crippen LogP contribution is -2.37. The molecule has 2 amide bonds. The highest BCUT2D eigenvalue weighted by molar-refractivity contribution is 6.30. The molecular weight excluding hydrogens is 447 g/mol. The van der Waals surface area contributed by atoms with Crippen molar-refractivity contribution in [2.24, 2.45) is 0 Å². The van der Waals surface area contributed by atoms with Crippen molar-refractivity contribution in [1.82, 2.24) is 20.6 Å². The molecule has 0 bridgehead atoms. The number of hydrogen-bond acceptors (Lipinski definition) is 8. The Morgan fingerprint density at radius 1 is 1.09 bits per heavy atom. The summed E-state index contributed by atoms with van der Waals surface area (Å²) in [7, 11) is 0. The molecular formula is C20H24ClFN4O6. The van der Waals surface area contributed by atoms with Crippen LogP contribution < -0.4 is 24.8 Å². The Morgan fingerprint density at radius 2 is 1.75 bits per heavy atom. The molecule has 2 aromatic rings. The molecule has 0 radical (unpaired) electrons. The number of ether oxygens (including phenoxy) is 3. The molecule has 0 saturated carbocycles. The van der Waals surface area contributed by atoms with Crippen molar-refractivity contribution < 1.29 is 33.3 Å². The SMILES string of the molecule is CCOc1ncc(OCC(=O)NCC[C@H](O)CNC(=O)COc2ccc(Cl)c(F)c2)cn1. The maximum atomic E-state index is 13.3. The zero-order chi connectivity index (χ0) is 23.3. The number of nitrogens with zero attached hydrogens (tertiary/aromatic N) is 2. The monoisotopic (exact) mass is 470 g/mol. The van der Waals surface area contributed by atoms with Crippen molar-refractivity contribution in [1.29, 1.82) is 0 Å². The summed E-state index contributed by atoms with van der Waals surface area (Å²) in [5.41, 5.74) is 0. The second kappa shape index (κ2) is 13.3. The van der Waals surface area contributed by atoms with Crippen LogP contribution in [0.3, 0.4) is 0 Å². The largest absolute Gasteiger partial charge is 0.484 e. The molecule has 0 aliphatic rings. The minimum atomic E-state index is -0.882. The fourth-order valence-electron chi connectivity index (χ4n) is 2.26. The molecule has 1 aromatic heterocycles. The summed E-state index contributed by atoms with van der Waals surface area (Å²) in [6, 6.07) is 4.04. The first kappa shape index (κ1) is 25.1. The van der Waals surface area contributed by atoms with Crippen LogP contribution in [0.2, 0.25) is 5.02 Å². The van der Waals surface area contributed by atoms with Crippen LogP contribution in [0.5, 0.6) is 17.5 Å². The van der Waals surface area contributed by atoms with Gasteiger partial charge in [-0.1, -0.05) is 11.6 Å². The molecule has 0 aliphatic heterocycles. The van der Waals surface area contributed by atoms with Gasteiger partial charge in [0.1, 0.15) is 11.6 Å². The standard InChI is InChI=1S/C20H24ClFN4O6/c1-2-30-20-25-9-15(10-26-20)32-11-18(28)23-6-5-13(27)8-24-19(29)12-31-14-3-4-16(21)17(22)7-14/h3-4,7,9-10,13,27H,2,5-6,8,11-12H2,1H3,(H,23,28)(H,24,29)/t13-/m0/s1. The third-order valence-electron chi connectivity index (χ3n) is 3.84. The van der Waals surface area contributed by atoms with Gasteiger partial charge in [0.25, 0.3) is 11.8 Å². The van der Waals surface area contributed by atoms with E-state index in [1.54, 1.807) is 0 Å². The summed E-state index contributed by atoms with van der Waals surface area (Å²) < 4.78 is 28.8. The second-order valence-corrected chi connectivity index (χ2v) is 6.79. The van der Waals surface area contributed by atoms with Crippen molar-refractivity contribution >= 4 is 23.4 Å². The molecule has 2 rings (SSSR count). The number of amides is 2. The number of aromatic nitrogens is 2. The van der Waals surface area contributed by atoms with Crippen LogP contribution in [0.4, 0.5) is 4.39 Å². The van der Waals surface area contributed by atoms with Gasteiger partial charge in [0.05, 0.1) is 30.1 Å². The van der Waals surface area contributed by atoms with Crippen LogP contribution in [-0.2, 0) is 9.59 Å². The lowest BCUT2D eigenvalue weighted by Gasteiger charge is -2.13. The maximum Gasteiger partial charge on any atom is 0.316 e. The fraction of sp³-hybridized carbons (Fsp3) is 0.400. The van der Waals surface area contributed by atoms with E-state index in [2.05, 4.69) is 20.6 Å². The first-order chi connectivity index (χ1) is 15.4. The normalized spacial score (nSPS) is 11.4. The molecule has 174 valence electrons. The van der Waals surface area contributed by atoms with Crippen LogP contribution in [0.15, 0.2) is 30.6 Å². The smallest absolute Gasteiger partial charge is 0.316 e. The van der Waals surface area contributed by atoms with E-state index in [0.29, 0.717) is 12.4 Å². The summed E-state index contributed by atoms with van der Waals surface area (Å²) in [5, 5.41) is 14.9. The molecule has 0 aliphatic carbocycles. The van der Waals surface area contributed by atoms with Gasteiger partial charge in [-0.05, 0) is 25.5 Å². The molecule has 32 heavy (non-hydrogen) atoms. The second-order valence-electron chi connectivity index (χ2n) is 6.38. The van der Waals surface area contributed by atoms with Gasteiger partial charge < -0.3 is 30.0 Å².